The van der Waals surface area contributed by atoms with E-state index in [4.69, 9.17) is 0 Å². The Kier molecular flexibility index (Phi) is 4.88. The van der Waals surface area contributed by atoms with E-state index in [1.165, 1.54) is 0 Å². The second kappa shape index (κ2) is 6.43. The lowest BCUT2D eigenvalue weighted by Crippen LogP contribution is -2.53. The number of piperidine rings is 1. The molecule has 0 aromatic heterocycles. The molecule has 2 aliphatic rings. The predicted octanol–water partition coefficient (Wildman–Crippen LogP) is -0.181. The highest BCUT2D eigenvalue weighted by molar-refractivity contribution is 7.99. The first-order valence-electron chi connectivity index (χ1n) is 6.54. The molecule has 0 saturated carbocycles. The molecule has 1 atom stereocenters. The third-order valence-electron chi connectivity index (χ3n) is 3.52. The summed E-state index contributed by atoms with van der Waals surface area (Å²) in [6, 6.07) is 0.177. The van der Waals surface area contributed by atoms with Crippen LogP contribution in [0.4, 0.5) is 0 Å². The van der Waals surface area contributed by atoms with Gasteiger partial charge in [0, 0.05) is 44.1 Å². The maximum absolute atomic E-state index is 12.0. The van der Waals surface area contributed by atoms with Crippen LogP contribution in [0.2, 0.25) is 0 Å². The Hall–Kier alpha value is -0.750. The average Bonchev–Trinajstić information content (AvgIpc) is 2.40. The molecule has 102 valence electrons. The monoisotopic (exact) mass is 271 g/mol. The second-order valence-corrected chi connectivity index (χ2v) is 6.02. The Morgan fingerprint density at radius 1 is 1.33 bits per heavy atom. The molecule has 2 saturated heterocycles. The second-order valence-electron chi connectivity index (χ2n) is 4.87. The fourth-order valence-electron chi connectivity index (χ4n) is 2.37. The van der Waals surface area contributed by atoms with Crippen LogP contribution in [-0.2, 0) is 9.59 Å². The van der Waals surface area contributed by atoms with Gasteiger partial charge in [-0.25, -0.2) is 0 Å². The Labute approximate surface area is 112 Å². The van der Waals surface area contributed by atoms with Gasteiger partial charge in [0.05, 0.1) is 6.04 Å². The minimum absolute atomic E-state index is 0.0467. The van der Waals surface area contributed by atoms with Gasteiger partial charge in [0.2, 0.25) is 11.8 Å². The van der Waals surface area contributed by atoms with E-state index in [1.54, 1.807) is 6.92 Å². The first-order chi connectivity index (χ1) is 8.66. The Balaban J connectivity index is 1.73. The summed E-state index contributed by atoms with van der Waals surface area (Å²) in [6.07, 6.45) is 1.73. The van der Waals surface area contributed by atoms with Gasteiger partial charge in [-0.2, -0.15) is 11.8 Å². The number of carbonyl (C=O) groups excluding carboxylic acids is 2. The first-order valence-corrected chi connectivity index (χ1v) is 7.69. The minimum atomic E-state index is -0.0467. The smallest absolute Gasteiger partial charge is 0.238 e. The number of likely N-dealkylation sites (tertiary alicyclic amines) is 1. The van der Waals surface area contributed by atoms with E-state index >= 15 is 0 Å². The van der Waals surface area contributed by atoms with Crippen LogP contribution in [0.5, 0.6) is 0 Å². The highest BCUT2D eigenvalue weighted by atomic mass is 32.2. The van der Waals surface area contributed by atoms with Gasteiger partial charge in [-0.05, 0) is 12.8 Å². The molecule has 0 aliphatic carbocycles. The Morgan fingerprint density at radius 2 is 2.06 bits per heavy atom. The van der Waals surface area contributed by atoms with Crippen LogP contribution in [0.3, 0.4) is 0 Å². The lowest BCUT2D eigenvalue weighted by molar-refractivity contribution is -0.130. The van der Waals surface area contributed by atoms with Crippen molar-refractivity contribution in [2.75, 3.05) is 31.1 Å². The molecule has 2 aliphatic heterocycles. The zero-order valence-corrected chi connectivity index (χ0v) is 11.6. The number of thioether (sulfide) groups is 1. The van der Waals surface area contributed by atoms with Crippen molar-refractivity contribution < 1.29 is 9.59 Å². The molecule has 0 aromatic rings. The van der Waals surface area contributed by atoms with Crippen LogP contribution < -0.4 is 10.6 Å². The number of nitrogens with one attached hydrogen (secondary N) is 2. The molecule has 2 rings (SSSR count). The summed E-state index contributed by atoms with van der Waals surface area (Å²) in [5.74, 6) is 2.19. The molecule has 5 nitrogen and oxygen atoms in total. The minimum Gasteiger partial charge on any atom is -0.352 e. The van der Waals surface area contributed by atoms with Gasteiger partial charge < -0.3 is 15.5 Å². The van der Waals surface area contributed by atoms with Crippen LogP contribution in [0, 0.1) is 0 Å². The lowest BCUT2D eigenvalue weighted by Gasteiger charge is -2.33. The van der Waals surface area contributed by atoms with Crippen molar-refractivity contribution >= 4 is 23.6 Å². The molecule has 0 radical (unpaired) electrons. The third kappa shape index (κ3) is 3.62. The number of nitrogens with zero attached hydrogens (tertiary/aromatic N) is 1. The van der Waals surface area contributed by atoms with Crippen molar-refractivity contribution in [1.29, 1.82) is 0 Å². The van der Waals surface area contributed by atoms with Crippen LogP contribution in [-0.4, -0.2) is 59.9 Å². The van der Waals surface area contributed by atoms with Gasteiger partial charge >= 0.3 is 0 Å². The summed E-state index contributed by atoms with van der Waals surface area (Å²) >= 11 is 1.82. The van der Waals surface area contributed by atoms with E-state index in [0.29, 0.717) is 0 Å². The molecule has 2 heterocycles. The van der Waals surface area contributed by atoms with Gasteiger partial charge in [-0.15, -0.1) is 0 Å². The highest BCUT2D eigenvalue weighted by Gasteiger charge is 2.26. The summed E-state index contributed by atoms with van der Waals surface area (Å²) < 4.78 is 0. The average molecular weight is 271 g/mol. The van der Waals surface area contributed by atoms with Gasteiger partial charge in [0.15, 0.2) is 0 Å². The number of hydrogen-bond donors (Lipinski definition) is 2. The molecule has 1 unspecified atom stereocenters. The zero-order valence-electron chi connectivity index (χ0n) is 10.8. The number of carbonyl (C=O) groups is 2. The summed E-state index contributed by atoms with van der Waals surface area (Å²) in [5.41, 5.74) is 0. The topological polar surface area (TPSA) is 61.4 Å². The summed E-state index contributed by atoms with van der Waals surface area (Å²) in [5, 5.41) is 6.33. The van der Waals surface area contributed by atoms with E-state index < -0.39 is 0 Å². The van der Waals surface area contributed by atoms with E-state index in [1.807, 2.05) is 16.7 Å². The predicted molar refractivity (Wildman–Crippen MR) is 72.5 cm³/mol. The van der Waals surface area contributed by atoms with Crippen molar-refractivity contribution in [3.05, 3.63) is 0 Å². The number of hydrogen-bond acceptors (Lipinski definition) is 4. The summed E-state index contributed by atoms with van der Waals surface area (Å²) in [4.78, 5) is 25.1. The summed E-state index contributed by atoms with van der Waals surface area (Å²) in [6.45, 7) is 4.02. The number of rotatable bonds is 2. The van der Waals surface area contributed by atoms with Gasteiger partial charge in [0.25, 0.3) is 0 Å². The van der Waals surface area contributed by atoms with Crippen molar-refractivity contribution in [3.8, 4) is 0 Å². The SMILES string of the molecule is CC(=O)N1CCC(NC(=O)C2CSCCN2)CC1. The van der Waals surface area contributed by atoms with Crippen molar-refractivity contribution in [2.45, 2.75) is 31.8 Å². The fraction of sp³-hybridized carbons (Fsp3) is 0.833. The molecule has 0 spiro atoms. The Morgan fingerprint density at radius 3 is 2.61 bits per heavy atom. The van der Waals surface area contributed by atoms with E-state index in [0.717, 1.165) is 44.0 Å². The standard InChI is InChI=1S/C12H21N3O2S/c1-9(16)15-5-2-10(3-6-15)14-12(17)11-8-18-7-4-13-11/h10-11,13H,2-8H2,1H3,(H,14,17). The lowest BCUT2D eigenvalue weighted by atomic mass is 10.0. The van der Waals surface area contributed by atoms with Crippen LogP contribution in [0.15, 0.2) is 0 Å². The fourth-order valence-corrected chi connectivity index (χ4v) is 3.31. The first kappa shape index (κ1) is 13.7. The molecule has 2 amide bonds. The maximum Gasteiger partial charge on any atom is 0.238 e. The largest absolute Gasteiger partial charge is 0.352 e. The molecule has 0 aromatic carbocycles. The molecular weight excluding hydrogens is 250 g/mol. The molecule has 0 bridgehead atoms. The van der Waals surface area contributed by atoms with Crippen molar-refractivity contribution in [1.82, 2.24) is 15.5 Å². The molecule has 18 heavy (non-hydrogen) atoms. The van der Waals surface area contributed by atoms with E-state index in [-0.39, 0.29) is 23.9 Å². The molecule has 2 N–H and O–H groups in total. The summed E-state index contributed by atoms with van der Waals surface area (Å²) in [7, 11) is 0. The third-order valence-corrected chi connectivity index (χ3v) is 4.59. The molecule has 6 heteroatoms. The van der Waals surface area contributed by atoms with Crippen molar-refractivity contribution in [2.24, 2.45) is 0 Å². The van der Waals surface area contributed by atoms with Gasteiger partial charge in [0.1, 0.15) is 0 Å². The molecule has 2 fully saturated rings. The van der Waals surface area contributed by atoms with Crippen LogP contribution >= 0.6 is 11.8 Å². The number of amides is 2. The molecular formula is C12H21N3O2S. The highest BCUT2D eigenvalue weighted by Crippen LogP contribution is 2.12. The van der Waals surface area contributed by atoms with Gasteiger partial charge in [-0.1, -0.05) is 0 Å². The zero-order chi connectivity index (χ0) is 13.0. The van der Waals surface area contributed by atoms with Crippen LogP contribution in [0.25, 0.3) is 0 Å². The Bertz CT molecular complexity index is 310. The quantitative estimate of drug-likeness (QED) is 0.731. The maximum atomic E-state index is 12.0. The van der Waals surface area contributed by atoms with E-state index in [9.17, 15) is 9.59 Å². The normalized spacial score (nSPS) is 25.8. The van der Waals surface area contributed by atoms with E-state index in [2.05, 4.69) is 10.6 Å². The van der Waals surface area contributed by atoms with Gasteiger partial charge in [-0.3, -0.25) is 9.59 Å². The van der Waals surface area contributed by atoms with Crippen molar-refractivity contribution in [3.63, 3.8) is 0 Å². The van der Waals surface area contributed by atoms with Crippen LogP contribution in [0.1, 0.15) is 19.8 Å².